The van der Waals surface area contributed by atoms with Gasteiger partial charge in [0.05, 0.1) is 6.61 Å². The van der Waals surface area contributed by atoms with Gasteiger partial charge in [0.15, 0.2) is 16.6 Å². The Balaban J connectivity index is 2.20. The normalized spacial score (nSPS) is 18.0. The summed E-state index contributed by atoms with van der Waals surface area (Å²) in [5.74, 6) is -0.977. The summed E-state index contributed by atoms with van der Waals surface area (Å²) in [5, 5.41) is 6.11. The Bertz CT molecular complexity index is 570. The van der Waals surface area contributed by atoms with Gasteiger partial charge in [-0.15, -0.1) is 0 Å². The Hall–Kier alpha value is -1.96. The topological polar surface area (TPSA) is 97.4 Å². The van der Waals surface area contributed by atoms with Gasteiger partial charge in [-0.25, -0.2) is 9.78 Å². The zero-order valence-electron chi connectivity index (χ0n) is 11.9. The minimum atomic E-state index is -0.625. The molecule has 1 atom stereocenters. The van der Waals surface area contributed by atoms with Crippen LogP contribution in [0.15, 0.2) is 0 Å². The van der Waals surface area contributed by atoms with Crippen molar-refractivity contribution in [2.45, 2.75) is 32.7 Å². The van der Waals surface area contributed by atoms with Crippen LogP contribution in [0, 0.1) is 0 Å². The van der Waals surface area contributed by atoms with E-state index in [1.165, 1.54) is 6.92 Å². The lowest BCUT2D eigenvalue weighted by atomic mass is 10.1. The van der Waals surface area contributed by atoms with Crippen molar-refractivity contribution in [2.24, 2.45) is 0 Å². The highest BCUT2D eigenvalue weighted by molar-refractivity contribution is 7.17. The Morgan fingerprint density at radius 2 is 2.29 bits per heavy atom. The highest BCUT2D eigenvalue weighted by Crippen LogP contribution is 2.26. The van der Waals surface area contributed by atoms with E-state index >= 15 is 0 Å². The van der Waals surface area contributed by atoms with Gasteiger partial charge < -0.3 is 15.4 Å². The Morgan fingerprint density at radius 1 is 1.52 bits per heavy atom. The first-order valence-corrected chi connectivity index (χ1v) is 7.57. The zero-order valence-corrected chi connectivity index (χ0v) is 12.7. The van der Waals surface area contributed by atoms with Crippen LogP contribution in [0.25, 0.3) is 0 Å². The Kier molecular flexibility index (Phi) is 4.89. The summed E-state index contributed by atoms with van der Waals surface area (Å²) >= 11 is 1.06. The number of anilines is 1. The molecule has 21 heavy (non-hydrogen) atoms. The van der Waals surface area contributed by atoms with Crippen molar-refractivity contribution in [1.82, 2.24) is 10.3 Å². The number of esters is 1. The van der Waals surface area contributed by atoms with E-state index in [4.69, 9.17) is 4.74 Å². The van der Waals surface area contributed by atoms with E-state index in [2.05, 4.69) is 15.6 Å². The summed E-state index contributed by atoms with van der Waals surface area (Å²) < 4.78 is 4.89. The number of hydrogen-bond donors (Lipinski definition) is 2. The number of carbonyl (C=O) groups excluding carboxylic acids is 3. The maximum Gasteiger partial charge on any atom is 0.358 e. The minimum absolute atomic E-state index is 0.00747. The molecule has 2 rings (SSSR count). The van der Waals surface area contributed by atoms with Gasteiger partial charge in [-0.2, -0.15) is 0 Å². The van der Waals surface area contributed by atoms with Crippen LogP contribution in [0.4, 0.5) is 5.13 Å². The van der Waals surface area contributed by atoms with Gasteiger partial charge in [-0.3, -0.25) is 9.59 Å². The van der Waals surface area contributed by atoms with Gasteiger partial charge in [-0.1, -0.05) is 11.3 Å². The molecule has 8 heteroatoms. The average Bonchev–Trinajstić information content (AvgIpc) is 2.86. The summed E-state index contributed by atoms with van der Waals surface area (Å²) in [6.45, 7) is 3.93. The molecule has 1 aliphatic heterocycles. The van der Waals surface area contributed by atoms with Crippen LogP contribution in [0.2, 0.25) is 0 Å². The lowest BCUT2D eigenvalue weighted by Crippen LogP contribution is -2.44. The molecule has 0 radical (unpaired) electrons. The summed E-state index contributed by atoms with van der Waals surface area (Å²) in [4.78, 5) is 39.5. The number of nitrogens with zero attached hydrogens (tertiary/aromatic N) is 1. The molecule has 0 aliphatic carbocycles. The Labute approximate surface area is 126 Å². The maximum absolute atomic E-state index is 11.8. The van der Waals surface area contributed by atoms with E-state index in [0.29, 0.717) is 18.1 Å². The van der Waals surface area contributed by atoms with Crippen LogP contribution >= 0.6 is 11.3 Å². The van der Waals surface area contributed by atoms with Crippen LogP contribution in [-0.2, 0) is 9.53 Å². The van der Waals surface area contributed by atoms with E-state index in [1.54, 1.807) is 6.92 Å². The van der Waals surface area contributed by atoms with Gasteiger partial charge in [0.2, 0.25) is 5.91 Å². The van der Waals surface area contributed by atoms with Crippen molar-refractivity contribution < 1.29 is 19.1 Å². The first-order valence-electron chi connectivity index (χ1n) is 6.76. The second kappa shape index (κ2) is 6.66. The molecule has 2 N–H and O–H groups in total. The van der Waals surface area contributed by atoms with Crippen molar-refractivity contribution in [3.05, 3.63) is 10.6 Å². The molecule has 1 unspecified atom stereocenters. The lowest BCUT2D eigenvalue weighted by Gasteiger charge is -2.22. The smallest absolute Gasteiger partial charge is 0.358 e. The molecule has 7 nitrogen and oxygen atoms in total. The maximum atomic E-state index is 11.8. The number of rotatable bonds is 5. The number of piperidine rings is 1. The molecule has 2 heterocycles. The highest BCUT2D eigenvalue weighted by Gasteiger charge is 2.26. The number of hydrogen-bond acceptors (Lipinski definition) is 7. The highest BCUT2D eigenvalue weighted by atomic mass is 32.1. The van der Waals surface area contributed by atoms with Gasteiger partial charge in [0.1, 0.15) is 10.9 Å². The van der Waals surface area contributed by atoms with E-state index in [9.17, 15) is 14.4 Å². The number of ketones is 1. The van der Waals surface area contributed by atoms with Gasteiger partial charge >= 0.3 is 5.97 Å². The van der Waals surface area contributed by atoms with Gasteiger partial charge in [0.25, 0.3) is 0 Å². The largest absolute Gasteiger partial charge is 0.461 e. The molecule has 1 aliphatic rings. The molecule has 0 saturated carbocycles. The number of Topliss-reactive ketones (excluding diaryl/α,β-unsaturated/α-hetero) is 1. The first-order chi connectivity index (χ1) is 10.0. The van der Waals surface area contributed by atoms with E-state index in [-0.39, 0.29) is 34.9 Å². The predicted molar refractivity (Wildman–Crippen MR) is 77.7 cm³/mol. The molecule has 1 aromatic heterocycles. The molecule has 1 fully saturated rings. The summed E-state index contributed by atoms with van der Waals surface area (Å²) in [5.41, 5.74) is 0.00747. The number of thiazole rings is 1. The molecular weight excluding hydrogens is 294 g/mol. The number of amides is 1. The number of ether oxygens (including phenoxy) is 1. The second-order valence-corrected chi connectivity index (χ2v) is 5.60. The summed E-state index contributed by atoms with van der Waals surface area (Å²) in [6.07, 6.45) is 1.56. The van der Waals surface area contributed by atoms with E-state index < -0.39 is 5.97 Å². The fourth-order valence-electron chi connectivity index (χ4n) is 2.02. The molecule has 0 spiro atoms. The van der Waals surface area contributed by atoms with Crippen molar-refractivity contribution in [2.75, 3.05) is 18.5 Å². The van der Waals surface area contributed by atoms with Crippen molar-refractivity contribution >= 4 is 34.1 Å². The zero-order chi connectivity index (χ0) is 15.4. The van der Waals surface area contributed by atoms with Crippen LogP contribution in [-0.4, -0.2) is 41.8 Å². The third-order valence-corrected chi connectivity index (χ3v) is 4.09. The standard InChI is InChI=1S/C13H17N3O4S/c1-3-20-12(19)9-10(7(2)17)21-13(16-9)15-8-5-4-6-14-11(8)18/h8H,3-6H2,1-2H3,(H,14,18)(H,15,16). The summed E-state index contributed by atoms with van der Waals surface area (Å²) in [6, 6.07) is -0.389. The van der Waals surface area contributed by atoms with Crippen molar-refractivity contribution in [3.8, 4) is 0 Å². The summed E-state index contributed by atoms with van der Waals surface area (Å²) in [7, 11) is 0. The SMILES string of the molecule is CCOC(=O)c1nc(NC2CCCNC2=O)sc1C(C)=O. The number of nitrogens with one attached hydrogen (secondary N) is 2. The average molecular weight is 311 g/mol. The third kappa shape index (κ3) is 3.57. The van der Waals surface area contributed by atoms with E-state index in [0.717, 1.165) is 17.8 Å². The second-order valence-electron chi connectivity index (χ2n) is 4.60. The number of aromatic nitrogens is 1. The van der Waals surface area contributed by atoms with Gasteiger partial charge in [-0.05, 0) is 19.8 Å². The van der Waals surface area contributed by atoms with Crippen molar-refractivity contribution in [1.29, 1.82) is 0 Å². The Morgan fingerprint density at radius 3 is 2.90 bits per heavy atom. The predicted octanol–water partition coefficient (Wildman–Crippen LogP) is 1.21. The monoisotopic (exact) mass is 311 g/mol. The molecule has 114 valence electrons. The fourth-order valence-corrected chi connectivity index (χ4v) is 2.92. The molecule has 0 aromatic carbocycles. The molecule has 1 amide bonds. The quantitative estimate of drug-likeness (QED) is 0.626. The van der Waals surface area contributed by atoms with Crippen LogP contribution in [0.1, 0.15) is 46.8 Å². The third-order valence-electron chi connectivity index (χ3n) is 3.00. The van der Waals surface area contributed by atoms with Crippen molar-refractivity contribution in [3.63, 3.8) is 0 Å². The minimum Gasteiger partial charge on any atom is -0.461 e. The fraction of sp³-hybridized carbons (Fsp3) is 0.538. The van der Waals surface area contributed by atoms with Crippen LogP contribution < -0.4 is 10.6 Å². The van der Waals surface area contributed by atoms with E-state index in [1.807, 2.05) is 0 Å². The number of carbonyl (C=O) groups is 3. The van der Waals surface area contributed by atoms with Gasteiger partial charge in [0, 0.05) is 13.5 Å². The molecule has 1 saturated heterocycles. The lowest BCUT2D eigenvalue weighted by molar-refractivity contribution is -0.123. The molecule has 1 aromatic rings. The van der Waals surface area contributed by atoms with Crippen LogP contribution in [0.3, 0.4) is 0 Å². The molecular formula is C13H17N3O4S. The first kappa shape index (κ1) is 15.4. The molecule has 0 bridgehead atoms. The van der Waals surface area contributed by atoms with Crippen LogP contribution in [0.5, 0.6) is 0 Å².